The molecule has 1 amide bonds. The van der Waals surface area contributed by atoms with E-state index in [0.717, 1.165) is 0 Å². The van der Waals surface area contributed by atoms with Crippen LogP contribution in [0.5, 0.6) is 0 Å². The molecule has 0 bridgehead atoms. The minimum Gasteiger partial charge on any atom is -0.392 e. The average molecular weight is 348 g/mol. The lowest BCUT2D eigenvalue weighted by Crippen LogP contribution is -2.45. The van der Waals surface area contributed by atoms with Crippen LogP contribution in [0.2, 0.25) is 0 Å². The number of nitrogens with zero attached hydrogens (tertiary/aromatic N) is 1. The van der Waals surface area contributed by atoms with Gasteiger partial charge in [-0.05, 0) is 37.1 Å². The molecule has 0 aromatic heterocycles. The van der Waals surface area contributed by atoms with Gasteiger partial charge in [0.1, 0.15) is 5.82 Å². The lowest BCUT2D eigenvalue weighted by atomic mass is 9.97. The molecule has 1 saturated heterocycles. The standard InChI is InChI=1S/C16H20F4N2O2/c17-14-4-3-11(6-13(14)9-23)7-21-15(24)12-2-1-5-22(8-12)10-16(18,19)20/h3-4,6,12,23H,1-2,5,7-10H2,(H,21,24). The molecule has 1 aromatic rings. The maximum Gasteiger partial charge on any atom is 0.401 e. The monoisotopic (exact) mass is 348 g/mol. The Bertz CT molecular complexity index is 578. The number of amides is 1. The van der Waals surface area contributed by atoms with E-state index in [9.17, 15) is 22.4 Å². The van der Waals surface area contributed by atoms with E-state index >= 15 is 0 Å². The first kappa shape index (κ1) is 18.7. The molecule has 8 heteroatoms. The van der Waals surface area contributed by atoms with Crippen molar-refractivity contribution >= 4 is 5.91 Å². The summed E-state index contributed by atoms with van der Waals surface area (Å²) in [6, 6.07) is 4.15. The van der Waals surface area contributed by atoms with Crippen LogP contribution in [-0.4, -0.2) is 41.7 Å². The fraction of sp³-hybridized carbons (Fsp3) is 0.562. The summed E-state index contributed by atoms with van der Waals surface area (Å²) in [5.74, 6) is -1.32. The Kier molecular flexibility index (Phi) is 6.17. The van der Waals surface area contributed by atoms with Crippen LogP contribution in [0.3, 0.4) is 0 Å². The van der Waals surface area contributed by atoms with Crippen molar-refractivity contribution in [1.82, 2.24) is 10.2 Å². The number of hydrogen-bond acceptors (Lipinski definition) is 3. The molecular weight excluding hydrogens is 328 g/mol. The Morgan fingerprint density at radius 2 is 2.12 bits per heavy atom. The Hall–Kier alpha value is -1.67. The molecule has 134 valence electrons. The van der Waals surface area contributed by atoms with Gasteiger partial charge < -0.3 is 10.4 Å². The number of aliphatic hydroxyl groups excluding tert-OH is 1. The molecule has 0 spiro atoms. The zero-order valence-corrected chi connectivity index (χ0v) is 13.1. The summed E-state index contributed by atoms with van der Waals surface area (Å²) < 4.78 is 50.6. The summed E-state index contributed by atoms with van der Waals surface area (Å²) in [6.07, 6.45) is -3.18. The van der Waals surface area contributed by atoms with Gasteiger partial charge in [0.25, 0.3) is 0 Å². The summed E-state index contributed by atoms with van der Waals surface area (Å²) in [4.78, 5) is 13.4. The number of benzene rings is 1. The van der Waals surface area contributed by atoms with Crippen LogP contribution in [0.15, 0.2) is 18.2 Å². The molecule has 2 N–H and O–H groups in total. The number of rotatable bonds is 5. The van der Waals surface area contributed by atoms with Gasteiger partial charge in [0.05, 0.1) is 19.1 Å². The molecule has 2 rings (SSSR count). The van der Waals surface area contributed by atoms with Gasteiger partial charge in [0.15, 0.2) is 0 Å². The van der Waals surface area contributed by atoms with Crippen LogP contribution < -0.4 is 5.32 Å². The normalized spacial score (nSPS) is 19.3. The number of hydrogen-bond donors (Lipinski definition) is 2. The van der Waals surface area contributed by atoms with E-state index in [1.54, 1.807) is 0 Å². The average Bonchev–Trinajstić information content (AvgIpc) is 2.52. The molecule has 1 aliphatic rings. The molecule has 24 heavy (non-hydrogen) atoms. The van der Waals surface area contributed by atoms with Crippen molar-refractivity contribution in [2.24, 2.45) is 5.92 Å². The van der Waals surface area contributed by atoms with E-state index in [4.69, 9.17) is 5.11 Å². The van der Waals surface area contributed by atoms with Gasteiger partial charge in [-0.2, -0.15) is 13.2 Å². The molecule has 1 aromatic carbocycles. The second-order valence-electron chi connectivity index (χ2n) is 5.99. The van der Waals surface area contributed by atoms with Crippen LogP contribution in [0, 0.1) is 11.7 Å². The highest BCUT2D eigenvalue weighted by Gasteiger charge is 2.34. The van der Waals surface area contributed by atoms with Crippen molar-refractivity contribution in [3.05, 3.63) is 35.1 Å². The maximum absolute atomic E-state index is 13.3. The number of alkyl halides is 3. The Balaban J connectivity index is 1.88. The SMILES string of the molecule is O=C(NCc1ccc(F)c(CO)c1)C1CCCN(CC(F)(F)F)C1. The molecule has 0 radical (unpaired) electrons. The summed E-state index contributed by atoms with van der Waals surface area (Å²) >= 11 is 0. The number of halogens is 4. The van der Waals surface area contributed by atoms with Gasteiger partial charge in [-0.3, -0.25) is 9.69 Å². The van der Waals surface area contributed by atoms with Crippen LogP contribution >= 0.6 is 0 Å². The van der Waals surface area contributed by atoms with E-state index in [1.807, 2.05) is 0 Å². The smallest absolute Gasteiger partial charge is 0.392 e. The van der Waals surface area contributed by atoms with Crippen LogP contribution in [0.4, 0.5) is 17.6 Å². The largest absolute Gasteiger partial charge is 0.401 e. The predicted molar refractivity (Wildman–Crippen MR) is 79.4 cm³/mol. The number of carbonyl (C=O) groups is 1. The van der Waals surface area contributed by atoms with Crippen molar-refractivity contribution in [2.75, 3.05) is 19.6 Å². The number of aliphatic hydroxyl groups is 1. The first-order chi connectivity index (χ1) is 11.3. The van der Waals surface area contributed by atoms with E-state index in [1.165, 1.54) is 23.1 Å². The number of carbonyl (C=O) groups excluding carboxylic acids is 1. The topological polar surface area (TPSA) is 52.6 Å². The number of nitrogens with one attached hydrogen (secondary N) is 1. The van der Waals surface area contributed by atoms with Gasteiger partial charge in [0, 0.05) is 18.7 Å². The highest BCUT2D eigenvalue weighted by Crippen LogP contribution is 2.22. The fourth-order valence-corrected chi connectivity index (χ4v) is 2.86. The molecule has 0 saturated carbocycles. The molecular formula is C16H20F4N2O2. The molecule has 4 nitrogen and oxygen atoms in total. The zero-order chi connectivity index (χ0) is 17.7. The Morgan fingerprint density at radius 1 is 1.38 bits per heavy atom. The van der Waals surface area contributed by atoms with E-state index in [2.05, 4.69) is 5.32 Å². The molecule has 1 fully saturated rings. The van der Waals surface area contributed by atoms with Crippen molar-refractivity contribution < 1.29 is 27.5 Å². The minimum absolute atomic E-state index is 0.0800. The van der Waals surface area contributed by atoms with Gasteiger partial charge in [0.2, 0.25) is 5.91 Å². The van der Waals surface area contributed by atoms with Crippen molar-refractivity contribution in [3.63, 3.8) is 0 Å². The van der Waals surface area contributed by atoms with E-state index in [-0.39, 0.29) is 24.6 Å². The summed E-state index contributed by atoms with van der Waals surface area (Å²) in [5.41, 5.74) is 0.757. The first-order valence-corrected chi connectivity index (χ1v) is 7.73. The second-order valence-corrected chi connectivity index (χ2v) is 5.99. The molecule has 0 aliphatic carbocycles. The van der Waals surface area contributed by atoms with Gasteiger partial charge in [-0.15, -0.1) is 0 Å². The second kappa shape index (κ2) is 7.94. The Labute approximate surface area is 137 Å². The van der Waals surface area contributed by atoms with Crippen LogP contribution in [0.1, 0.15) is 24.0 Å². The third-order valence-corrected chi connectivity index (χ3v) is 4.03. The molecule has 1 heterocycles. The summed E-state index contributed by atoms with van der Waals surface area (Å²) in [5, 5.41) is 11.7. The molecule has 1 atom stereocenters. The van der Waals surface area contributed by atoms with E-state index in [0.29, 0.717) is 24.9 Å². The summed E-state index contributed by atoms with van der Waals surface area (Å²) in [6.45, 7) is -0.892. The summed E-state index contributed by atoms with van der Waals surface area (Å²) in [7, 11) is 0. The minimum atomic E-state index is -4.27. The van der Waals surface area contributed by atoms with Gasteiger partial charge in [-0.25, -0.2) is 4.39 Å². The predicted octanol–water partition coefficient (Wildman–Crippen LogP) is 2.21. The number of likely N-dealkylation sites (tertiary alicyclic amines) is 1. The zero-order valence-electron chi connectivity index (χ0n) is 13.1. The highest BCUT2D eigenvalue weighted by molar-refractivity contribution is 5.78. The lowest BCUT2D eigenvalue weighted by Gasteiger charge is -2.32. The van der Waals surface area contributed by atoms with Gasteiger partial charge in [-0.1, -0.05) is 6.07 Å². The van der Waals surface area contributed by atoms with Gasteiger partial charge >= 0.3 is 6.18 Å². The van der Waals surface area contributed by atoms with Crippen LogP contribution in [0.25, 0.3) is 0 Å². The third kappa shape index (κ3) is 5.45. The maximum atomic E-state index is 13.3. The van der Waals surface area contributed by atoms with Crippen molar-refractivity contribution in [1.29, 1.82) is 0 Å². The molecule has 1 unspecified atom stereocenters. The van der Waals surface area contributed by atoms with Crippen molar-refractivity contribution in [3.8, 4) is 0 Å². The molecule has 1 aliphatic heterocycles. The van der Waals surface area contributed by atoms with Crippen molar-refractivity contribution in [2.45, 2.75) is 32.2 Å². The Morgan fingerprint density at radius 3 is 2.79 bits per heavy atom. The van der Waals surface area contributed by atoms with E-state index < -0.39 is 31.1 Å². The lowest BCUT2D eigenvalue weighted by molar-refractivity contribution is -0.152. The van der Waals surface area contributed by atoms with Crippen LogP contribution in [-0.2, 0) is 17.9 Å². The number of piperidine rings is 1. The quantitative estimate of drug-likeness (QED) is 0.803. The fourth-order valence-electron chi connectivity index (χ4n) is 2.86. The highest BCUT2D eigenvalue weighted by atomic mass is 19.4. The third-order valence-electron chi connectivity index (χ3n) is 4.03. The first-order valence-electron chi connectivity index (χ1n) is 7.73.